The molecule has 1 unspecified atom stereocenters. The van der Waals surface area contributed by atoms with E-state index in [1.807, 2.05) is 12.1 Å². The number of aryl methyl sites for hydroxylation is 1. The molecular weight excluding hydrogens is 331 g/mol. The summed E-state index contributed by atoms with van der Waals surface area (Å²) < 4.78 is 2.91. The van der Waals surface area contributed by atoms with Crippen LogP contribution in [0.2, 0.25) is 5.21 Å². The molecule has 0 heterocycles. The van der Waals surface area contributed by atoms with Gasteiger partial charge < -0.3 is 5.21 Å². The maximum absolute atomic E-state index is 8.36. The van der Waals surface area contributed by atoms with Gasteiger partial charge in [-0.05, 0) is 0 Å². The van der Waals surface area contributed by atoms with E-state index in [0.717, 1.165) is 5.69 Å². The number of nitrogens with two attached hydrogens (primary N) is 1. The van der Waals surface area contributed by atoms with Crippen molar-refractivity contribution in [3.63, 3.8) is 0 Å². The van der Waals surface area contributed by atoms with Gasteiger partial charge in [0, 0.05) is 0 Å². The summed E-state index contributed by atoms with van der Waals surface area (Å²) in [5.41, 5.74) is 8.48. The maximum atomic E-state index is 8.36. The van der Waals surface area contributed by atoms with E-state index < -0.39 is 19.7 Å². The molecule has 1 atom stereocenters. The Morgan fingerprint density at radius 3 is 2.10 bits per heavy atom. The van der Waals surface area contributed by atoms with E-state index in [9.17, 15) is 0 Å². The van der Waals surface area contributed by atoms with Gasteiger partial charge in [0.2, 0.25) is 0 Å². The molecular formula is C15H19AsN2O3. The molecule has 0 radical (unpaired) electrons. The van der Waals surface area contributed by atoms with Crippen LogP contribution in [0.3, 0.4) is 0 Å². The molecule has 0 aliphatic rings. The summed E-state index contributed by atoms with van der Waals surface area (Å²) in [4.78, 5) is 8.36. The van der Waals surface area contributed by atoms with Crippen LogP contribution in [0.5, 0.6) is 0 Å². The van der Waals surface area contributed by atoms with Gasteiger partial charge in [-0.15, -0.1) is 10.1 Å². The number of nitrogens with zero attached hydrogens (tertiary/aromatic N) is 1. The summed E-state index contributed by atoms with van der Waals surface area (Å²) in [6.45, 7) is 4.48. The Morgan fingerprint density at radius 2 is 1.62 bits per heavy atom. The van der Waals surface area contributed by atoms with Crippen molar-refractivity contribution in [2.75, 3.05) is 5.73 Å². The molecule has 0 bridgehead atoms. The quantitative estimate of drug-likeness (QED) is 0.383. The van der Waals surface area contributed by atoms with E-state index in [2.05, 4.69) is 50.2 Å². The molecule has 2 rings (SSSR count). The minimum Gasteiger partial charge on any atom is -0.328 e. The normalized spacial score (nSPS) is 11.1. The number of anilines is 1. The Hall–Kier alpha value is -2.00. The second kappa shape index (κ2) is 8.32. The van der Waals surface area contributed by atoms with Crippen molar-refractivity contribution in [2.24, 2.45) is 0 Å². The molecule has 3 N–H and O–H groups in total. The average Bonchev–Trinajstić information content (AvgIpc) is 2.43. The van der Waals surface area contributed by atoms with Gasteiger partial charge in [0.05, 0.1) is 0 Å². The Balaban J connectivity index is 0.000000491. The fraction of sp³-hybridized carbons (Fsp3) is 0.200. The zero-order valence-electron chi connectivity index (χ0n) is 12.1. The van der Waals surface area contributed by atoms with Gasteiger partial charge in [-0.25, -0.2) is 0 Å². The Labute approximate surface area is 128 Å². The van der Waals surface area contributed by atoms with Crippen LogP contribution < -0.4 is 14.4 Å². The first kappa shape index (κ1) is 17.1. The predicted molar refractivity (Wildman–Crippen MR) is 86.3 cm³/mol. The molecule has 21 heavy (non-hydrogen) atoms. The monoisotopic (exact) mass is 350 g/mol. The topological polar surface area (TPSA) is 89.4 Å². The average molecular weight is 350 g/mol. The molecule has 2 aromatic rings. The van der Waals surface area contributed by atoms with Gasteiger partial charge in [-0.2, -0.15) is 0 Å². The molecule has 0 aromatic heterocycles. The van der Waals surface area contributed by atoms with Gasteiger partial charge in [-0.3, -0.25) is 0 Å². The molecule has 0 spiro atoms. The third kappa shape index (κ3) is 5.12. The summed E-state index contributed by atoms with van der Waals surface area (Å²) in [5.74, 6) is 0. The molecule has 2 aromatic carbocycles. The van der Waals surface area contributed by atoms with Gasteiger partial charge in [0.1, 0.15) is 0 Å². The van der Waals surface area contributed by atoms with Crippen LogP contribution in [0.25, 0.3) is 0 Å². The van der Waals surface area contributed by atoms with Crippen molar-refractivity contribution in [2.45, 2.75) is 19.1 Å². The first-order valence-electron chi connectivity index (χ1n) is 6.48. The Kier molecular flexibility index (Phi) is 6.76. The summed E-state index contributed by atoms with van der Waals surface area (Å²) in [6.07, 6.45) is 0. The maximum Gasteiger partial charge on any atom is 0.291 e. The van der Waals surface area contributed by atoms with Crippen molar-refractivity contribution in [3.8, 4) is 0 Å². The summed E-state index contributed by atoms with van der Waals surface area (Å²) >= 11 is -1.21. The minimum atomic E-state index is -1.50. The number of hydrogen-bond acceptors (Lipinski definition) is 3. The first-order valence-corrected chi connectivity index (χ1v) is 9.68. The molecule has 0 fully saturated rings. The molecule has 6 heteroatoms. The molecule has 0 saturated heterocycles. The summed E-state index contributed by atoms with van der Waals surface area (Å²) in [6, 6.07) is 17.0. The van der Waals surface area contributed by atoms with Crippen molar-refractivity contribution in [3.05, 3.63) is 64.2 Å². The fourth-order valence-corrected chi connectivity index (χ4v) is 7.02. The zero-order valence-corrected chi connectivity index (χ0v) is 13.9. The van der Waals surface area contributed by atoms with E-state index in [1.54, 1.807) is 0 Å². The van der Waals surface area contributed by atoms with Crippen LogP contribution in [0.1, 0.15) is 12.5 Å². The first-order chi connectivity index (χ1) is 9.97. The van der Waals surface area contributed by atoms with E-state index in [0.29, 0.717) is 0 Å². The Morgan fingerprint density at radius 1 is 1.14 bits per heavy atom. The van der Waals surface area contributed by atoms with Gasteiger partial charge >= 0.3 is 108 Å². The predicted octanol–water partition coefficient (Wildman–Crippen LogP) is 1.86. The van der Waals surface area contributed by atoms with Gasteiger partial charge in [-0.1, -0.05) is 0 Å². The number of hydrogen-bond donors (Lipinski definition) is 2. The standard InChI is InChI=1S/C15H18AsN.HNO3/c1-3-16(13-9-5-4-8-12(13)2)14-10-6-7-11-15(14)17;2-1(3)4/h4-11H,3,17H2,1-2H3;(H,2,3,4). The third-order valence-electron chi connectivity index (χ3n) is 2.95. The largest absolute Gasteiger partial charge is 0.328 e. The van der Waals surface area contributed by atoms with Crippen molar-refractivity contribution in [1.82, 2.24) is 0 Å². The SMILES string of the molecule is CC[As](c1ccccc1C)c1ccccc1N.O=[N+]([O-])O. The van der Waals surface area contributed by atoms with Crippen LogP contribution in [0.15, 0.2) is 48.5 Å². The second-order valence-corrected chi connectivity index (χ2v) is 9.47. The molecule has 112 valence electrons. The number of benzene rings is 2. The molecule has 0 aliphatic carbocycles. The van der Waals surface area contributed by atoms with Crippen LogP contribution in [-0.4, -0.2) is 24.9 Å². The minimum absolute atomic E-state index is 0.956. The fourth-order valence-electron chi connectivity index (χ4n) is 2.07. The van der Waals surface area contributed by atoms with E-state index in [1.165, 1.54) is 19.5 Å². The van der Waals surface area contributed by atoms with Crippen molar-refractivity contribution >= 4 is 29.0 Å². The third-order valence-corrected chi connectivity index (χ3v) is 8.62. The number of nitrogen functional groups attached to an aromatic ring is 1. The summed E-state index contributed by atoms with van der Waals surface area (Å²) in [7, 11) is 0. The Bertz CT molecular complexity index is 555. The summed E-state index contributed by atoms with van der Waals surface area (Å²) in [5, 5.41) is 14.9. The molecule has 0 amide bonds. The van der Waals surface area contributed by atoms with Crippen LogP contribution in [0, 0.1) is 17.0 Å². The van der Waals surface area contributed by atoms with Crippen molar-refractivity contribution < 1.29 is 10.3 Å². The van der Waals surface area contributed by atoms with Gasteiger partial charge in [0.15, 0.2) is 0 Å². The van der Waals surface area contributed by atoms with E-state index in [-0.39, 0.29) is 0 Å². The van der Waals surface area contributed by atoms with Crippen molar-refractivity contribution in [1.29, 1.82) is 0 Å². The molecule has 5 nitrogen and oxygen atoms in total. The van der Waals surface area contributed by atoms with E-state index >= 15 is 0 Å². The van der Waals surface area contributed by atoms with Gasteiger partial charge in [0.25, 0.3) is 5.09 Å². The smallest absolute Gasteiger partial charge is 0.291 e. The van der Waals surface area contributed by atoms with Crippen LogP contribution >= 0.6 is 0 Å². The number of para-hydroxylation sites is 1. The molecule has 0 saturated carbocycles. The number of rotatable bonds is 3. The van der Waals surface area contributed by atoms with Crippen LogP contribution in [-0.2, 0) is 0 Å². The van der Waals surface area contributed by atoms with Crippen LogP contribution in [0.4, 0.5) is 5.69 Å². The second-order valence-electron chi connectivity index (χ2n) is 4.33. The zero-order chi connectivity index (χ0) is 15.8. The van der Waals surface area contributed by atoms with E-state index in [4.69, 9.17) is 21.1 Å². The molecule has 0 aliphatic heterocycles.